The summed E-state index contributed by atoms with van der Waals surface area (Å²) in [5.74, 6) is -0.0176. The Labute approximate surface area is 149 Å². The van der Waals surface area contributed by atoms with Gasteiger partial charge >= 0.3 is 5.97 Å². The molecule has 1 unspecified atom stereocenters. The van der Waals surface area contributed by atoms with Crippen LogP contribution in [0.5, 0.6) is 5.75 Å². The third kappa shape index (κ3) is 4.17. The predicted octanol–water partition coefficient (Wildman–Crippen LogP) is 1.27. The van der Waals surface area contributed by atoms with Crippen LogP contribution < -0.4 is 4.74 Å². The molecule has 26 heavy (non-hydrogen) atoms. The quantitative estimate of drug-likeness (QED) is 0.847. The molecule has 0 saturated carbocycles. The molecular formula is C17H19N3O6. The molecule has 3 rings (SSSR count). The number of ether oxygens (including phenoxy) is 2. The van der Waals surface area contributed by atoms with Crippen molar-refractivity contribution >= 4 is 11.9 Å². The fourth-order valence-corrected chi connectivity index (χ4v) is 2.70. The summed E-state index contributed by atoms with van der Waals surface area (Å²) in [4.78, 5) is 29.4. The number of nitrogens with zero attached hydrogens (tertiary/aromatic N) is 3. The van der Waals surface area contributed by atoms with Crippen LogP contribution in [0.1, 0.15) is 29.0 Å². The SMILES string of the molecule is Cc1nc(COc2cccc(C(=O)N3CC(C(=O)O)O[C@H](C)C3)c2)no1. The zero-order valence-corrected chi connectivity index (χ0v) is 14.4. The van der Waals surface area contributed by atoms with Crippen molar-refractivity contribution in [3.8, 4) is 5.75 Å². The van der Waals surface area contributed by atoms with Crippen LogP contribution in [-0.2, 0) is 16.1 Å². The van der Waals surface area contributed by atoms with E-state index in [4.69, 9.17) is 19.1 Å². The lowest BCUT2D eigenvalue weighted by Crippen LogP contribution is -2.51. The summed E-state index contributed by atoms with van der Waals surface area (Å²) in [6.45, 7) is 3.87. The Morgan fingerprint density at radius 2 is 2.19 bits per heavy atom. The predicted molar refractivity (Wildman–Crippen MR) is 87.7 cm³/mol. The number of amides is 1. The van der Waals surface area contributed by atoms with E-state index in [-0.39, 0.29) is 25.2 Å². The Morgan fingerprint density at radius 3 is 2.88 bits per heavy atom. The number of morpholine rings is 1. The van der Waals surface area contributed by atoms with Crippen molar-refractivity contribution < 1.29 is 28.7 Å². The summed E-state index contributed by atoms with van der Waals surface area (Å²) in [6.07, 6.45) is -1.38. The number of hydrogen-bond acceptors (Lipinski definition) is 7. The first-order valence-corrected chi connectivity index (χ1v) is 8.12. The fraction of sp³-hybridized carbons (Fsp3) is 0.412. The Kier molecular flexibility index (Phi) is 5.17. The highest BCUT2D eigenvalue weighted by atomic mass is 16.5. The molecule has 0 bridgehead atoms. The third-order valence-corrected chi connectivity index (χ3v) is 3.84. The number of carbonyl (C=O) groups is 2. The second-order valence-corrected chi connectivity index (χ2v) is 6.03. The summed E-state index contributed by atoms with van der Waals surface area (Å²) in [6, 6.07) is 6.67. The van der Waals surface area contributed by atoms with E-state index in [0.717, 1.165) is 0 Å². The molecular weight excluding hydrogens is 342 g/mol. The number of benzene rings is 1. The van der Waals surface area contributed by atoms with Crippen molar-refractivity contribution in [3.63, 3.8) is 0 Å². The Balaban J connectivity index is 1.68. The van der Waals surface area contributed by atoms with Crippen molar-refractivity contribution in [1.82, 2.24) is 15.0 Å². The van der Waals surface area contributed by atoms with Crippen molar-refractivity contribution in [3.05, 3.63) is 41.5 Å². The van der Waals surface area contributed by atoms with Gasteiger partial charge in [0, 0.05) is 19.0 Å². The highest BCUT2D eigenvalue weighted by Crippen LogP contribution is 2.19. The number of rotatable bonds is 5. The largest absolute Gasteiger partial charge is 0.485 e. The van der Waals surface area contributed by atoms with Gasteiger partial charge in [-0.3, -0.25) is 4.79 Å². The third-order valence-electron chi connectivity index (χ3n) is 3.84. The van der Waals surface area contributed by atoms with Gasteiger partial charge in [0.1, 0.15) is 5.75 Å². The molecule has 9 nitrogen and oxygen atoms in total. The first-order valence-electron chi connectivity index (χ1n) is 8.12. The van der Waals surface area contributed by atoms with Gasteiger partial charge in [-0.25, -0.2) is 4.79 Å². The number of aliphatic carboxylic acids is 1. The summed E-state index contributed by atoms with van der Waals surface area (Å²) in [7, 11) is 0. The van der Waals surface area contributed by atoms with Crippen molar-refractivity contribution in [2.45, 2.75) is 32.7 Å². The lowest BCUT2D eigenvalue weighted by molar-refractivity contribution is -0.160. The smallest absolute Gasteiger partial charge is 0.334 e. The maximum absolute atomic E-state index is 12.7. The van der Waals surface area contributed by atoms with Gasteiger partial charge in [0.2, 0.25) is 11.7 Å². The molecule has 138 valence electrons. The molecule has 2 heterocycles. The minimum atomic E-state index is -1.08. The normalized spacial score (nSPS) is 20.0. The van der Waals surface area contributed by atoms with Crippen LogP contribution in [0.25, 0.3) is 0 Å². The van der Waals surface area contributed by atoms with E-state index in [9.17, 15) is 9.59 Å². The van der Waals surface area contributed by atoms with Crippen LogP contribution in [0.4, 0.5) is 0 Å². The van der Waals surface area contributed by atoms with Crippen LogP contribution in [0.3, 0.4) is 0 Å². The zero-order valence-electron chi connectivity index (χ0n) is 14.4. The molecule has 1 aliphatic rings. The molecule has 1 aromatic heterocycles. The van der Waals surface area contributed by atoms with E-state index in [1.807, 2.05) is 0 Å². The Bertz CT molecular complexity index is 805. The Morgan fingerprint density at radius 1 is 1.38 bits per heavy atom. The van der Waals surface area contributed by atoms with Gasteiger partial charge in [-0.05, 0) is 25.1 Å². The van der Waals surface area contributed by atoms with E-state index in [1.54, 1.807) is 38.1 Å². The van der Waals surface area contributed by atoms with E-state index < -0.39 is 12.1 Å². The number of aromatic nitrogens is 2. The lowest BCUT2D eigenvalue weighted by Gasteiger charge is -2.35. The van der Waals surface area contributed by atoms with Crippen molar-refractivity contribution in [1.29, 1.82) is 0 Å². The van der Waals surface area contributed by atoms with Gasteiger partial charge in [0.25, 0.3) is 5.91 Å². The maximum atomic E-state index is 12.7. The van der Waals surface area contributed by atoms with Gasteiger partial charge in [0.15, 0.2) is 12.7 Å². The number of carboxylic acid groups (broad SMARTS) is 1. The number of carbonyl (C=O) groups excluding carboxylic acids is 1. The van der Waals surface area contributed by atoms with Crippen molar-refractivity contribution in [2.75, 3.05) is 13.1 Å². The number of carboxylic acids is 1. The van der Waals surface area contributed by atoms with Gasteiger partial charge in [0.05, 0.1) is 12.6 Å². The second kappa shape index (κ2) is 7.52. The topological polar surface area (TPSA) is 115 Å². The summed E-state index contributed by atoms with van der Waals surface area (Å²) >= 11 is 0. The molecule has 9 heteroatoms. The summed E-state index contributed by atoms with van der Waals surface area (Å²) in [5, 5.41) is 12.9. The molecule has 0 spiro atoms. The minimum Gasteiger partial charge on any atom is -0.485 e. The maximum Gasteiger partial charge on any atom is 0.334 e. The minimum absolute atomic E-state index is 0.00568. The van der Waals surface area contributed by atoms with E-state index in [0.29, 0.717) is 29.6 Å². The number of aryl methyl sites for hydroxylation is 1. The molecule has 0 radical (unpaired) electrons. The van der Waals surface area contributed by atoms with Crippen LogP contribution in [0.15, 0.2) is 28.8 Å². The molecule has 2 aromatic rings. The monoisotopic (exact) mass is 361 g/mol. The first-order chi connectivity index (χ1) is 12.4. The van der Waals surface area contributed by atoms with Gasteiger partial charge in [-0.15, -0.1) is 0 Å². The van der Waals surface area contributed by atoms with Crippen LogP contribution in [-0.4, -0.2) is 57.3 Å². The molecule has 1 aromatic carbocycles. The van der Waals surface area contributed by atoms with Crippen LogP contribution in [0, 0.1) is 6.92 Å². The standard InChI is InChI=1S/C17H19N3O6/c1-10-7-20(8-14(25-10)17(22)23)16(21)12-4-3-5-13(6-12)24-9-15-18-11(2)26-19-15/h3-6,10,14H,7-9H2,1-2H3,(H,22,23)/t10-,14?/m1/s1. The van der Waals surface area contributed by atoms with E-state index >= 15 is 0 Å². The fourth-order valence-electron chi connectivity index (χ4n) is 2.70. The van der Waals surface area contributed by atoms with E-state index in [1.165, 1.54) is 4.90 Å². The van der Waals surface area contributed by atoms with Gasteiger partial charge < -0.3 is 24.0 Å². The Hall–Kier alpha value is -2.94. The molecule has 1 saturated heterocycles. The second-order valence-electron chi connectivity index (χ2n) is 6.03. The molecule has 0 aliphatic carbocycles. The molecule has 1 N–H and O–H groups in total. The highest BCUT2D eigenvalue weighted by Gasteiger charge is 2.33. The summed E-state index contributed by atoms with van der Waals surface area (Å²) in [5.41, 5.74) is 0.407. The van der Waals surface area contributed by atoms with Crippen LogP contribution in [0.2, 0.25) is 0 Å². The molecule has 1 fully saturated rings. The van der Waals surface area contributed by atoms with Gasteiger partial charge in [-0.1, -0.05) is 11.2 Å². The average molecular weight is 361 g/mol. The van der Waals surface area contributed by atoms with Crippen LogP contribution >= 0.6 is 0 Å². The lowest BCUT2D eigenvalue weighted by atomic mass is 10.1. The molecule has 1 amide bonds. The first kappa shape index (κ1) is 17.9. The highest BCUT2D eigenvalue weighted by molar-refractivity contribution is 5.95. The molecule has 2 atom stereocenters. The van der Waals surface area contributed by atoms with Gasteiger partial charge in [-0.2, -0.15) is 4.98 Å². The van der Waals surface area contributed by atoms with E-state index in [2.05, 4.69) is 10.1 Å². The molecule has 1 aliphatic heterocycles. The average Bonchev–Trinajstić information content (AvgIpc) is 3.04. The van der Waals surface area contributed by atoms with Crippen molar-refractivity contribution in [2.24, 2.45) is 0 Å². The zero-order chi connectivity index (χ0) is 18.7. The summed E-state index contributed by atoms with van der Waals surface area (Å²) < 4.78 is 15.8. The number of hydrogen-bond donors (Lipinski definition) is 1.